The molecular formula is C19H27N3O6S. The minimum atomic E-state index is -3.07. The summed E-state index contributed by atoms with van der Waals surface area (Å²) >= 11 is 0. The third kappa shape index (κ3) is 6.45. The van der Waals surface area contributed by atoms with Crippen LogP contribution in [0.15, 0.2) is 24.3 Å². The van der Waals surface area contributed by atoms with E-state index in [0.717, 1.165) is 0 Å². The van der Waals surface area contributed by atoms with E-state index in [-0.39, 0.29) is 29.8 Å². The molecule has 1 aliphatic heterocycles. The number of rotatable bonds is 7. The molecule has 3 N–H and O–H groups in total. The molecule has 2 rings (SSSR count). The Morgan fingerprint density at radius 3 is 2.45 bits per heavy atom. The molecule has 3 amide bonds. The molecule has 1 heterocycles. The third-order valence-electron chi connectivity index (χ3n) is 4.71. The molecule has 1 aliphatic rings. The number of amides is 3. The zero-order chi connectivity index (χ0) is 21.6. The predicted octanol–water partition coefficient (Wildman–Crippen LogP) is 0.422. The van der Waals surface area contributed by atoms with Gasteiger partial charge in [-0.1, -0.05) is 26.0 Å². The first-order chi connectivity index (χ1) is 13.6. The minimum absolute atomic E-state index is 0.0133. The number of methoxy groups -OCH3 is 1. The molecule has 1 fully saturated rings. The highest BCUT2D eigenvalue weighted by molar-refractivity contribution is 7.91. The Kier molecular flexibility index (Phi) is 7.60. The highest BCUT2D eigenvalue weighted by Gasteiger charge is 2.30. The Morgan fingerprint density at radius 2 is 1.86 bits per heavy atom. The molecule has 29 heavy (non-hydrogen) atoms. The number of hydrogen-bond acceptors (Lipinski definition) is 6. The first-order valence-electron chi connectivity index (χ1n) is 9.36. The van der Waals surface area contributed by atoms with E-state index in [4.69, 9.17) is 4.74 Å². The van der Waals surface area contributed by atoms with E-state index in [2.05, 4.69) is 16.2 Å². The number of carbonyl (C=O) groups excluding carboxylic acids is 3. The summed E-state index contributed by atoms with van der Waals surface area (Å²) in [6.45, 7) is 3.52. The molecule has 1 aromatic rings. The molecule has 0 saturated carbocycles. The Balaban J connectivity index is 1.92. The number of nitrogens with one attached hydrogen (secondary N) is 3. The van der Waals surface area contributed by atoms with Gasteiger partial charge in [0, 0.05) is 6.42 Å². The van der Waals surface area contributed by atoms with Gasteiger partial charge in [0.1, 0.15) is 11.8 Å². The van der Waals surface area contributed by atoms with E-state index in [1.165, 1.54) is 7.11 Å². The molecule has 9 nitrogen and oxygen atoms in total. The van der Waals surface area contributed by atoms with Crippen LogP contribution in [0.3, 0.4) is 0 Å². The van der Waals surface area contributed by atoms with Gasteiger partial charge in [-0.25, -0.2) is 8.42 Å². The van der Waals surface area contributed by atoms with Crippen molar-refractivity contribution >= 4 is 27.6 Å². The highest BCUT2D eigenvalue weighted by Crippen LogP contribution is 2.21. The zero-order valence-corrected chi connectivity index (χ0v) is 17.5. The van der Waals surface area contributed by atoms with Crippen molar-refractivity contribution in [3.05, 3.63) is 29.8 Å². The number of ether oxygens (including phenoxy) is 1. The van der Waals surface area contributed by atoms with Crippen molar-refractivity contribution in [2.75, 3.05) is 18.6 Å². The van der Waals surface area contributed by atoms with Gasteiger partial charge in [-0.05, 0) is 30.4 Å². The zero-order valence-electron chi connectivity index (χ0n) is 16.7. The van der Waals surface area contributed by atoms with Crippen LogP contribution in [0.5, 0.6) is 5.75 Å². The number of hydrogen-bond donors (Lipinski definition) is 3. The van der Waals surface area contributed by atoms with Crippen molar-refractivity contribution < 1.29 is 27.5 Å². The van der Waals surface area contributed by atoms with Crippen LogP contribution in [0, 0.1) is 11.8 Å². The molecule has 160 valence electrons. The maximum Gasteiger partial charge on any atom is 0.261 e. The quantitative estimate of drug-likeness (QED) is 0.543. The van der Waals surface area contributed by atoms with Gasteiger partial charge in [0.15, 0.2) is 9.84 Å². The summed E-state index contributed by atoms with van der Waals surface area (Å²) in [6, 6.07) is 5.75. The van der Waals surface area contributed by atoms with Crippen molar-refractivity contribution in [2.24, 2.45) is 11.8 Å². The molecule has 1 aromatic carbocycles. The first kappa shape index (κ1) is 22.7. The van der Waals surface area contributed by atoms with Gasteiger partial charge >= 0.3 is 0 Å². The van der Waals surface area contributed by atoms with Crippen LogP contribution in [0.4, 0.5) is 0 Å². The first-order valence-corrected chi connectivity index (χ1v) is 11.2. The summed E-state index contributed by atoms with van der Waals surface area (Å²) in [5, 5.41) is 2.65. The molecule has 0 aromatic heterocycles. The number of sulfone groups is 1. The SMILES string of the molecule is COc1ccccc1C(=O)N[C@H](C(=O)NNC(=O)C[C@@H]1CCS(=O)(=O)C1)C(C)C. The fourth-order valence-electron chi connectivity index (χ4n) is 3.14. The number of para-hydroxylation sites is 1. The van der Waals surface area contributed by atoms with Crippen molar-refractivity contribution in [1.82, 2.24) is 16.2 Å². The van der Waals surface area contributed by atoms with Crippen molar-refractivity contribution in [3.8, 4) is 5.75 Å². The van der Waals surface area contributed by atoms with Crippen LogP contribution in [0.1, 0.15) is 37.0 Å². The molecule has 0 bridgehead atoms. The van der Waals surface area contributed by atoms with Gasteiger partial charge in [-0.15, -0.1) is 0 Å². The van der Waals surface area contributed by atoms with Gasteiger partial charge in [0.2, 0.25) is 5.91 Å². The second kappa shape index (κ2) is 9.73. The van der Waals surface area contributed by atoms with E-state index in [1.54, 1.807) is 38.1 Å². The van der Waals surface area contributed by atoms with Gasteiger partial charge in [0.25, 0.3) is 11.8 Å². The highest BCUT2D eigenvalue weighted by atomic mass is 32.2. The molecule has 2 atom stereocenters. The van der Waals surface area contributed by atoms with Crippen LogP contribution >= 0.6 is 0 Å². The molecule has 10 heteroatoms. The van der Waals surface area contributed by atoms with Gasteiger partial charge < -0.3 is 10.1 Å². The maximum atomic E-state index is 12.6. The fourth-order valence-corrected chi connectivity index (χ4v) is 5.00. The summed E-state index contributed by atoms with van der Waals surface area (Å²) in [7, 11) is -1.62. The monoisotopic (exact) mass is 425 g/mol. The van der Waals surface area contributed by atoms with Crippen LogP contribution in [0.2, 0.25) is 0 Å². The summed E-state index contributed by atoms with van der Waals surface area (Å²) in [5.74, 6) is -1.56. The van der Waals surface area contributed by atoms with E-state index >= 15 is 0 Å². The lowest BCUT2D eigenvalue weighted by atomic mass is 10.0. The Morgan fingerprint density at radius 1 is 1.17 bits per heavy atom. The fraction of sp³-hybridized carbons (Fsp3) is 0.526. The van der Waals surface area contributed by atoms with Crippen LogP contribution < -0.4 is 20.9 Å². The van der Waals surface area contributed by atoms with Crippen molar-refractivity contribution in [1.29, 1.82) is 0 Å². The average Bonchev–Trinajstić information content (AvgIpc) is 3.01. The van der Waals surface area contributed by atoms with E-state index in [0.29, 0.717) is 17.7 Å². The van der Waals surface area contributed by atoms with E-state index in [9.17, 15) is 22.8 Å². The van der Waals surface area contributed by atoms with Gasteiger partial charge in [-0.3, -0.25) is 25.2 Å². The van der Waals surface area contributed by atoms with Crippen LogP contribution in [0.25, 0.3) is 0 Å². The lowest BCUT2D eigenvalue weighted by molar-refractivity contribution is -0.130. The normalized spacial score (nSPS) is 18.7. The molecule has 0 radical (unpaired) electrons. The van der Waals surface area contributed by atoms with E-state index < -0.39 is 33.6 Å². The minimum Gasteiger partial charge on any atom is -0.496 e. The maximum absolute atomic E-state index is 12.6. The molecule has 1 saturated heterocycles. The smallest absolute Gasteiger partial charge is 0.261 e. The van der Waals surface area contributed by atoms with Crippen molar-refractivity contribution in [2.45, 2.75) is 32.7 Å². The molecule has 0 unspecified atom stereocenters. The van der Waals surface area contributed by atoms with E-state index in [1.807, 2.05) is 0 Å². The average molecular weight is 426 g/mol. The molecule has 0 spiro atoms. The summed E-state index contributed by atoms with van der Waals surface area (Å²) in [5.41, 5.74) is 4.90. The number of carbonyl (C=O) groups is 3. The largest absolute Gasteiger partial charge is 0.496 e. The van der Waals surface area contributed by atoms with Crippen molar-refractivity contribution in [3.63, 3.8) is 0 Å². The van der Waals surface area contributed by atoms with Crippen LogP contribution in [-0.2, 0) is 19.4 Å². The summed E-state index contributed by atoms with van der Waals surface area (Å²) in [4.78, 5) is 37.1. The Hall–Kier alpha value is -2.62. The number of benzene rings is 1. The second-order valence-corrected chi connectivity index (χ2v) is 9.63. The van der Waals surface area contributed by atoms with Crippen LogP contribution in [-0.4, -0.2) is 50.8 Å². The molecular weight excluding hydrogens is 398 g/mol. The van der Waals surface area contributed by atoms with Gasteiger partial charge in [0.05, 0.1) is 24.2 Å². The topological polar surface area (TPSA) is 131 Å². The Labute approximate surface area is 170 Å². The standard InChI is InChI=1S/C19H27N3O6S/c1-12(2)17(20-18(24)14-6-4-5-7-15(14)28-3)19(25)22-21-16(23)10-13-8-9-29(26,27)11-13/h4-7,12-13,17H,8-11H2,1-3H3,(H,20,24)(H,21,23)(H,22,25)/t13-,17-/m0/s1. The third-order valence-corrected chi connectivity index (χ3v) is 6.55. The lowest BCUT2D eigenvalue weighted by Crippen LogP contribution is -2.54. The Bertz CT molecular complexity index is 868. The summed E-state index contributed by atoms with van der Waals surface area (Å²) < 4.78 is 28.1. The summed E-state index contributed by atoms with van der Waals surface area (Å²) in [6.07, 6.45) is 0.451. The molecule has 0 aliphatic carbocycles. The predicted molar refractivity (Wildman–Crippen MR) is 107 cm³/mol. The lowest BCUT2D eigenvalue weighted by Gasteiger charge is -2.22. The van der Waals surface area contributed by atoms with Gasteiger partial charge in [-0.2, -0.15) is 0 Å². The second-order valence-electron chi connectivity index (χ2n) is 7.41. The number of hydrazine groups is 1.